The molecule has 98 valence electrons. The van der Waals surface area contributed by atoms with Crippen LogP contribution in [-0.4, -0.2) is 40.3 Å². The largest absolute Gasteiger partial charge is 0.464 e. The van der Waals surface area contributed by atoms with Gasteiger partial charge in [0.2, 0.25) is 11.9 Å². The van der Waals surface area contributed by atoms with E-state index in [9.17, 15) is 24.9 Å². The van der Waals surface area contributed by atoms with Crippen molar-refractivity contribution >= 4 is 12.3 Å². The third kappa shape index (κ3) is 2.92. The summed E-state index contributed by atoms with van der Waals surface area (Å²) in [5, 5.41) is 29.0. The molecule has 18 heavy (non-hydrogen) atoms. The lowest BCUT2D eigenvalue weighted by molar-refractivity contribution is -0.240. The van der Waals surface area contributed by atoms with Gasteiger partial charge in [0.05, 0.1) is 6.61 Å². The van der Waals surface area contributed by atoms with Crippen LogP contribution in [0.3, 0.4) is 0 Å². The highest BCUT2D eigenvalue weighted by Crippen LogP contribution is 2.23. The molecule has 0 aliphatic rings. The first kappa shape index (κ1) is 14.3. The van der Waals surface area contributed by atoms with Crippen molar-refractivity contribution in [2.75, 3.05) is 6.61 Å². The molecule has 0 amide bonds. The summed E-state index contributed by atoms with van der Waals surface area (Å²) in [4.78, 5) is 21.7. The standard InChI is InChI=1S/C12H14O6/c1-2-18-11(15)10(14)12(16,17)9-5-3-8(7-13)4-6-9/h3-7,10,14,16-17H,2H2,1H3. The molecular weight excluding hydrogens is 240 g/mol. The highest BCUT2D eigenvalue weighted by molar-refractivity contribution is 5.76. The number of rotatable bonds is 5. The molecule has 1 atom stereocenters. The van der Waals surface area contributed by atoms with Crippen molar-refractivity contribution in [2.45, 2.75) is 18.8 Å². The summed E-state index contributed by atoms with van der Waals surface area (Å²) in [5.41, 5.74) is 0.217. The van der Waals surface area contributed by atoms with Gasteiger partial charge in [-0.25, -0.2) is 4.79 Å². The third-order valence-corrected chi connectivity index (χ3v) is 2.36. The van der Waals surface area contributed by atoms with Crippen LogP contribution in [0.5, 0.6) is 0 Å². The summed E-state index contributed by atoms with van der Waals surface area (Å²) in [6, 6.07) is 5.13. The van der Waals surface area contributed by atoms with Crippen molar-refractivity contribution in [1.29, 1.82) is 0 Å². The maximum atomic E-state index is 11.2. The van der Waals surface area contributed by atoms with Gasteiger partial charge in [0.15, 0.2) is 0 Å². The van der Waals surface area contributed by atoms with Crippen molar-refractivity contribution in [3.8, 4) is 0 Å². The molecular formula is C12H14O6. The molecule has 0 saturated heterocycles. The molecule has 6 heteroatoms. The second kappa shape index (κ2) is 5.72. The molecule has 0 aliphatic carbocycles. The van der Waals surface area contributed by atoms with E-state index in [1.165, 1.54) is 31.2 Å². The van der Waals surface area contributed by atoms with Crippen molar-refractivity contribution in [3.05, 3.63) is 35.4 Å². The molecule has 6 nitrogen and oxygen atoms in total. The number of hydrogen-bond acceptors (Lipinski definition) is 6. The number of carbonyl (C=O) groups is 2. The fraction of sp³-hybridized carbons (Fsp3) is 0.333. The third-order valence-electron chi connectivity index (χ3n) is 2.36. The number of aliphatic hydroxyl groups excluding tert-OH is 1. The Kier molecular flexibility index (Phi) is 4.55. The summed E-state index contributed by atoms with van der Waals surface area (Å²) < 4.78 is 4.49. The molecule has 1 aromatic rings. The van der Waals surface area contributed by atoms with E-state index >= 15 is 0 Å². The number of benzene rings is 1. The summed E-state index contributed by atoms with van der Waals surface area (Å²) in [5.74, 6) is -3.91. The Labute approximate surface area is 103 Å². The Balaban J connectivity index is 2.96. The number of ether oxygens (including phenoxy) is 1. The van der Waals surface area contributed by atoms with E-state index in [0.717, 1.165) is 0 Å². The van der Waals surface area contributed by atoms with E-state index in [1.54, 1.807) is 0 Å². The van der Waals surface area contributed by atoms with Crippen molar-refractivity contribution in [1.82, 2.24) is 0 Å². The molecule has 3 N–H and O–H groups in total. The average Bonchev–Trinajstić information content (AvgIpc) is 2.38. The van der Waals surface area contributed by atoms with Crippen LogP contribution in [0.25, 0.3) is 0 Å². The lowest BCUT2D eigenvalue weighted by Crippen LogP contribution is -2.45. The molecule has 0 radical (unpaired) electrons. The lowest BCUT2D eigenvalue weighted by Gasteiger charge is -2.26. The highest BCUT2D eigenvalue weighted by Gasteiger charge is 2.41. The van der Waals surface area contributed by atoms with Crippen LogP contribution in [-0.2, 0) is 15.3 Å². The van der Waals surface area contributed by atoms with E-state index in [0.29, 0.717) is 11.8 Å². The van der Waals surface area contributed by atoms with E-state index < -0.39 is 17.9 Å². The maximum absolute atomic E-state index is 11.2. The SMILES string of the molecule is CCOC(=O)C(O)C(O)(O)c1ccc(C=O)cc1. The Hall–Kier alpha value is -1.76. The number of aliphatic hydroxyl groups is 3. The maximum Gasteiger partial charge on any atom is 0.341 e. The zero-order valence-electron chi connectivity index (χ0n) is 9.74. The second-order valence-electron chi connectivity index (χ2n) is 3.62. The first-order valence-electron chi connectivity index (χ1n) is 5.28. The topological polar surface area (TPSA) is 104 Å². The number of carbonyl (C=O) groups excluding carboxylic acids is 2. The van der Waals surface area contributed by atoms with Crippen molar-refractivity contribution in [3.63, 3.8) is 0 Å². The smallest absolute Gasteiger partial charge is 0.341 e. The number of hydrogen-bond donors (Lipinski definition) is 3. The average molecular weight is 254 g/mol. The predicted molar refractivity (Wildman–Crippen MR) is 60.6 cm³/mol. The molecule has 0 spiro atoms. The predicted octanol–water partition coefficient (Wildman–Crippen LogP) is -0.440. The van der Waals surface area contributed by atoms with Gasteiger partial charge in [-0.2, -0.15) is 0 Å². The van der Waals surface area contributed by atoms with Crippen LogP contribution in [0.4, 0.5) is 0 Å². The number of esters is 1. The van der Waals surface area contributed by atoms with Gasteiger partial charge in [0, 0.05) is 11.1 Å². The lowest BCUT2D eigenvalue weighted by atomic mass is 9.99. The highest BCUT2D eigenvalue weighted by atomic mass is 16.6. The molecule has 1 rings (SSSR count). The number of aldehydes is 1. The Bertz CT molecular complexity index is 423. The van der Waals surface area contributed by atoms with Crippen LogP contribution >= 0.6 is 0 Å². The molecule has 1 aromatic carbocycles. The van der Waals surface area contributed by atoms with Gasteiger partial charge >= 0.3 is 5.97 Å². The van der Waals surface area contributed by atoms with Crippen LogP contribution < -0.4 is 0 Å². The van der Waals surface area contributed by atoms with E-state index in [1.807, 2.05) is 0 Å². The van der Waals surface area contributed by atoms with Gasteiger partial charge in [-0.05, 0) is 6.92 Å². The van der Waals surface area contributed by atoms with Crippen LogP contribution in [0.2, 0.25) is 0 Å². The fourth-order valence-corrected chi connectivity index (χ4v) is 1.35. The van der Waals surface area contributed by atoms with Gasteiger partial charge in [0.25, 0.3) is 0 Å². The zero-order valence-corrected chi connectivity index (χ0v) is 9.74. The minimum absolute atomic E-state index is 0.00997. The molecule has 0 heterocycles. The Morgan fingerprint density at radius 2 is 1.94 bits per heavy atom. The van der Waals surface area contributed by atoms with E-state index in [-0.39, 0.29) is 12.2 Å². The molecule has 0 saturated carbocycles. The first-order valence-corrected chi connectivity index (χ1v) is 5.28. The Morgan fingerprint density at radius 3 is 2.39 bits per heavy atom. The van der Waals surface area contributed by atoms with Gasteiger partial charge in [-0.15, -0.1) is 0 Å². The summed E-state index contributed by atoms with van der Waals surface area (Å²) >= 11 is 0. The van der Waals surface area contributed by atoms with Crippen LogP contribution in [0, 0.1) is 0 Å². The summed E-state index contributed by atoms with van der Waals surface area (Å²) in [7, 11) is 0. The van der Waals surface area contributed by atoms with Crippen molar-refractivity contribution in [2.24, 2.45) is 0 Å². The van der Waals surface area contributed by atoms with Crippen LogP contribution in [0.1, 0.15) is 22.8 Å². The minimum Gasteiger partial charge on any atom is -0.464 e. The quantitative estimate of drug-likeness (QED) is 0.374. The monoisotopic (exact) mass is 254 g/mol. The molecule has 0 bridgehead atoms. The molecule has 0 aliphatic heterocycles. The molecule has 0 aromatic heterocycles. The first-order chi connectivity index (χ1) is 8.43. The Morgan fingerprint density at radius 1 is 1.39 bits per heavy atom. The van der Waals surface area contributed by atoms with Gasteiger partial charge in [-0.3, -0.25) is 4.79 Å². The summed E-state index contributed by atoms with van der Waals surface area (Å²) in [6.07, 6.45) is -1.54. The van der Waals surface area contributed by atoms with Gasteiger partial charge in [0.1, 0.15) is 6.29 Å². The van der Waals surface area contributed by atoms with E-state index in [4.69, 9.17) is 0 Å². The van der Waals surface area contributed by atoms with Gasteiger partial charge in [-0.1, -0.05) is 24.3 Å². The minimum atomic E-state index is -2.77. The molecule has 0 fully saturated rings. The zero-order chi connectivity index (χ0) is 13.8. The molecule has 1 unspecified atom stereocenters. The van der Waals surface area contributed by atoms with E-state index in [2.05, 4.69) is 4.74 Å². The normalized spacial score (nSPS) is 12.9. The van der Waals surface area contributed by atoms with Gasteiger partial charge < -0.3 is 20.1 Å². The summed E-state index contributed by atoms with van der Waals surface area (Å²) in [6.45, 7) is 1.54. The second-order valence-corrected chi connectivity index (χ2v) is 3.62. The van der Waals surface area contributed by atoms with Crippen LogP contribution in [0.15, 0.2) is 24.3 Å². The van der Waals surface area contributed by atoms with Crippen molar-refractivity contribution < 1.29 is 29.6 Å². The fourth-order valence-electron chi connectivity index (χ4n) is 1.35.